The van der Waals surface area contributed by atoms with Crippen molar-refractivity contribution in [2.45, 2.75) is 20.0 Å². The molecule has 0 aliphatic carbocycles. The van der Waals surface area contributed by atoms with Crippen molar-refractivity contribution < 1.29 is 13.6 Å². The Kier molecular flexibility index (Phi) is 6.54. The normalized spacial score (nSPS) is 14.6. The summed E-state index contributed by atoms with van der Waals surface area (Å²) in [4.78, 5) is 0. The zero-order chi connectivity index (χ0) is 11.2. The summed E-state index contributed by atoms with van der Waals surface area (Å²) in [6, 6.07) is 0. The number of halogens is 2. The van der Waals surface area contributed by atoms with Crippen LogP contribution in [0.4, 0.5) is 0 Å². The number of rotatable bonds is 6. The molecule has 0 amide bonds. The van der Waals surface area contributed by atoms with E-state index in [1.807, 2.05) is 0 Å². The van der Waals surface area contributed by atoms with Gasteiger partial charge in [0.2, 0.25) is 0 Å². The minimum absolute atomic E-state index is 0.110. The van der Waals surface area contributed by atoms with Crippen molar-refractivity contribution in [3.05, 3.63) is 23.4 Å². The summed E-state index contributed by atoms with van der Waals surface area (Å²) >= 11 is 10.6. The van der Waals surface area contributed by atoms with E-state index in [4.69, 9.17) is 32.2 Å². The molecule has 0 aromatic heterocycles. The van der Waals surface area contributed by atoms with Crippen LogP contribution in [0.25, 0.3) is 0 Å². The third kappa shape index (κ3) is 6.50. The van der Waals surface area contributed by atoms with Gasteiger partial charge in [0, 0.05) is 0 Å². The maximum Gasteiger partial charge on any atom is 0.382 e. The smallest absolute Gasteiger partial charge is 0.382 e. The first kappa shape index (κ1) is 14.1. The van der Waals surface area contributed by atoms with Gasteiger partial charge in [0.25, 0.3) is 0 Å². The lowest BCUT2D eigenvalue weighted by atomic mass is 10.5. The highest BCUT2D eigenvalue weighted by atomic mass is 35.5. The molecule has 14 heavy (non-hydrogen) atoms. The van der Waals surface area contributed by atoms with E-state index < -0.39 is 7.60 Å². The van der Waals surface area contributed by atoms with Gasteiger partial charge in [0.1, 0.15) is 10.8 Å². The van der Waals surface area contributed by atoms with Crippen molar-refractivity contribution in [2.24, 2.45) is 0 Å². The maximum absolute atomic E-state index is 11.9. The highest BCUT2D eigenvalue weighted by molar-refractivity contribution is 7.54. The van der Waals surface area contributed by atoms with Crippen molar-refractivity contribution in [3.63, 3.8) is 0 Å². The summed E-state index contributed by atoms with van der Waals surface area (Å²) in [7, 11) is -3.19. The van der Waals surface area contributed by atoms with Crippen LogP contribution in [0, 0.1) is 0 Å². The van der Waals surface area contributed by atoms with E-state index in [9.17, 15) is 4.57 Å². The fourth-order valence-electron chi connectivity index (χ4n) is 0.710. The summed E-state index contributed by atoms with van der Waals surface area (Å²) in [6.45, 7) is 6.97. The second-order valence-electron chi connectivity index (χ2n) is 2.75. The Balaban J connectivity index is 4.47. The Morgan fingerprint density at radius 1 is 1.57 bits per heavy atom. The fraction of sp³-hybridized carbons (Fsp3) is 0.500. The fourth-order valence-corrected chi connectivity index (χ4v) is 2.37. The second kappa shape index (κ2) is 6.52. The average molecular weight is 259 g/mol. The predicted molar refractivity (Wildman–Crippen MR) is 59.8 cm³/mol. The molecule has 6 heteroatoms. The molecule has 0 saturated carbocycles. The van der Waals surface area contributed by atoms with Gasteiger partial charge < -0.3 is 4.52 Å². The number of allylic oxidation sites excluding steroid dienone is 1. The lowest BCUT2D eigenvalue weighted by Crippen LogP contribution is -2.03. The summed E-state index contributed by atoms with van der Waals surface area (Å²) in [5, 5.41) is 0. The van der Waals surface area contributed by atoms with Crippen LogP contribution in [0.15, 0.2) is 23.4 Å². The molecular formula is C8H13Cl2O3P. The third-order valence-electron chi connectivity index (χ3n) is 1.03. The first-order chi connectivity index (χ1) is 6.39. The van der Waals surface area contributed by atoms with Crippen LogP contribution in [0.1, 0.15) is 13.8 Å². The minimum Gasteiger partial charge on any atom is -0.430 e. The Bertz CT molecular complexity index is 259. The third-order valence-corrected chi connectivity index (χ3v) is 3.08. The van der Waals surface area contributed by atoms with Crippen LogP contribution in [-0.2, 0) is 13.6 Å². The topological polar surface area (TPSA) is 35.5 Å². The molecule has 0 aliphatic heterocycles. The molecule has 0 aliphatic rings. The van der Waals surface area contributed by atoms with E-state index in [-0.39, 0.29) is 16.8 Å². The van der Waals surface area contributed by atoms with Gasteiger partial charge in [-0.25, -0.2) is 4.57 Å². The van der Waals surface area contributed by atoms with E-state index >= 15 is 0 Å². The van der Waals surface area contributed by atoms with Gasteiger partial charge in [-0.1, -0.05) is 29.3 Å². The molecule has 0 rings (SSSR count). The van der Waals surface area contributed by atoms with Crippen LogP contribution < -0.4 is 0 Å². The molecule has 0 aromatic carbocycles. The zero-order valence-corrected chi connectivity index (χ0v) is 10.5. The lowest BCUT2D eigenvalue weighted by molar-refractivity contribution is 0.200. The summed E-state index contributed by atoms with van der Waals surface area (Å²) in [6.07, 6.45) is 2.36. The van der Waals surface area contributed by atoms with Gasteiger partial charge in [-0.3, -0.25) is 4.52 Å². The molecule has 0 aromatic rings. The van der Waals surface area contributed by atoms with E-state index in [0.717, 1.165) is 6.26 Å². The Labute approximate surface area is 94.2 Å². The predicted octanol–water partition coefficient (Wildman–Crippen LogP) is 4.08. The van der Waals surface area contributed by atoms with Crippen molar-refractivity contribution >= 4 is 30.8 Å². The molecule has 0 saturated heterocycles. The van der Waals surface area contributed by atoms with Crippen molar-refractivity contribution in [3.8, 4) is 0 Å². The standard InChI is InChI=1S/C8H13Cl2O3P/c1-4-5-14(11,13-7(2)3)12-6-8(9)10/h4,6-7H,1,5H2,2-3H3. The quantitative estimate of drug-likeness (QED) is 0.409. The van der Waals surface area contributed by atoms with E-state index in [2.05, 4.69) is 6.58 Å². The number of hydrogen-bond donors (Lipinski definition) is 0. The number of hydrogen-bond acceptors (Lipinski definition) is 3. The summed E-state index contributed by atoms with van der Waals surface area (Å²) in [5.74, 6) is 0. The van der Waals surface area contributed by atoms with Crippen LogP contribution in [0.2, 0.25) is 0 Å². The summed E-state index contributed by atoms with van der Waals surface area (Å²) < 4.78 is 21.7. The van der Waals surface area contributed by atoms with Gasteiger partial charge in [-0.2, -0.15) is 0 Å². The Morgan fingerprint density at radius 2 is 2.14 bits per heavy atom. The Hall–Kier alpha value is 0.0500. The molecule has 1 unspecified atom stereocenters. The molecule has 0 spiro atoms. The molecular weight excluding hydrogens is 246 g/mol. The monoisotopic (exact) mass is 258 g/mol. The van der Waals surface area contributed by atoms with Gasteiger partial charge in [-0.15, -0.1) is 6.58 Å². The summed E-state index contributed by atoms with van der Waals surface area (Å²) in [5.41, 5.74) is 0. The first-order valence-corrected chi connectivity index (χ1v) is 6.46. The zero-order valence-electron chi connectivity index (χ0n) is 8.07. The molecule has 3 nitrogen and oxygen atoms in total. The Morgan fingerprint density at radius 3 is 2.50 bits per heavy atom. The molecule has 0 fully saturated rings. The molecule has 82 valence electrons. The highest BCUT2D eigenvalue weighted by Gasteiger charge is 2.24. The van der Waals surface area contributed by atoms with Crippen LogP contribution in [0.5, 0.6) is 0 Å². The molecule has 0 radical (unpaired) electrons. The lowest BCUT2D eigenvalue weighted by Gasteiger charge is -2.17. The second-order valence-corrected chi connectivity index (χ2v) is 5.77. The van der Waals surface area contributed by atoms with Gasteiger partial charge in [0.15, 0.2) is 0 Å². The highest BCUT2D eigenvalue weighted by Crippen LogP contribution is 2.49. The molecule has 0 bridgehead atoms. The van der Waals surface area contributed by atoms with E-state index in [0.29, 0.717) is 0 Å². The first-order valence-electron chi connectivity index (χ1n) is 3.97. The van der Waals surface area contributed by atoms with Crippen molar-refractivity contribution in [1.82, 2.24) is 0 Å². The maximum atomic E-state index is 11.9. The van der Waals surface area contributed by atoms with Crippen LogP contribution in [-0.4, -0.2) is 12.3 Å². The van der Waals surface area contributed by atoms with Gasteiger partial charge >= 0.3 is 7.60 Å². The van der Waals surface area contributed by atoms with Gasteiger partial charge in [0.05, 0.1) is 12.3 Å². The van der Waals surface area contributed by atoms with Gasteiger partial charge in [-0.05, 0) is 13.8 Å². The van der Waals surface area contributed by atoms with Crippen molar-refractivity contribution in [2.75, 3.05) is 6.16 Å². The molecule has 0 N–H and O–H groups in total. The van der Waals surface area contributed by atoms with Crippen LogP contribution in [0.3, 0.4) is 0 Å². The SMILES string of the molecule is C=CCP(=O)(OC=C(Cl)Cl)OC(C)C. The molecule has 0 heterocycles. The largest absolute Gasteiger partial charge is 0.430 e. The van der Waals surface area contributed by atoms with Crippen LogP contribution >= 0.6 is 30.8 Å². The van der Waals surface area contributed by atoms with Crippen molar-refractivity contribution in [1.29, 1.82) is 0 Å². The average Bonchev–Trinajstić information content (AvgIpc) is 2.00. The van der Waals surface area contributed by atoms with E-state index in [1.54, 1.807) is 13.8 Å². The van der Waals surface area contributed by atoms with E-state index in [1.165, 1.54) is 6.08 Å². The molecule has 1 atom stereocenters. The minimum atomic E-state index is -3.19.